The maximum atomic E-state index is 13.5. The van der Waals surface area contributed by atoms with Gasteiger partial charge in [-0.25, -0.2) is 4.39 Å². The van der Waals surface area contributed by atoms with Crippen molar-refractivity contribution in [1.82, 2.24) is 4.90 Å². The van der Waals surface area contributed by atoms with Crippen LogP contribution in [0.1, 0.15) is 29.6 Å². The quantitative estimate of drug-likeness (QED) is 0.850. The van der Waals surface area contributed by atoms with Crippen LogP contribution >= 0.6 is 0 Å². The molecule has 0 saturated carbocycles. The summed E-state index contributed by atoms with van der Waals surface area (Å²) in [6.45, 7) is 1.19. The maximum absolute atomic E-state index is 13.5. The van der Waals surface area contributed by atoms with Crippen LogP contribution in [-0.2, 0) is 4.79 Å². The molecule has 5 nitrogen and oxygen atoms in total. The molecule has 6 heteroatoms. The zero-order chi connectivity index (χ0) is 19.3. The Hall–Kier alpha value is -2.89. The minimum absolute atomic E-state index is 0.132. The summed E-state index contributed by atoms with van der Waals surface area (Å²) in [5.74, 6) is -0.418. The maximum Gasteiger partial charge on any atom is 0.253 e. The monoisotopic (exact) mass is 370 g/mol. The van der Waals surface area contributed by atoms with Gasteiger partial charge in [-0.2, -0.15) is 0 Å². The van der Waals surface area contributed by atoms with Crippen molar-refractivity contribution in [3.8, 4) is 5.75 Å². The molecule has 1 atom stereocenters. The van der Waals surface area contributed by atoms with E-state index in [9.17, 15) is 14.0 Å². The molecule has 27 heavy (non-hydrogen) atoms. The Morgan fingerprint density at radius 2 is 1.93 bits per heavy atom. The van der Waals surface area contributed by atoms with Gasteiger partial charge in [0.1, 0.15) is 11.6 Å². The van der Waals surface area contributed by atoms with Gasteiger partial charge in [0.2, 0.25) is 5.91 Å². The first-order chi connectivity index (χ1) is 13.0. The first kappa shape index (κ1) is 18.9. The number of piperidine rings is 1. The molecular formula is C21H23FN2O3. The standard InChI is InChI=1S/C21H23FN2O3/c22-17-7-4-6-16(12-17)20(26)24-11-5-10-21(14-24,13-19(23)25)15-27-18-8-2-1-3-9-18/h1-4,6-9,12H,5,10-11,13-15H2,(H2,23,25)/t21-/m1/s1. The first-order valence-corrected chi connectivity index (χ1v) is 8.98. The van der Waals surface area contributed by atoms with Crippen molar-refractivity contribution < 1.29 is 18.7 Å². The molecule has 0 radical (unpaired) electrons. The summed E-state index contributed by atoms with van der Waals surface area (Å²) < 4.78 is 19.4. The third kappa shape index (κ3) is 4.84. The first-order valence-electron chi connectivity index (χ1n) is 8.98. The second-order valence-electron chi connectivity index (χ2n) is 7.09. The second kappa shape index (κ2) is 8.20. The van der Waals surface area contributed by atoms with Crippen LogP contribution in [0, 0.1) is 11.2 Å². The lowest BCUT2D eigenvalue weighted by atomic mass is 9.77. The average molecular weight is 370 g/mol. The third-order valence-electron chi connectivity index (χ3n) is 4.86. The summed E-state index contributed by atoms with van der Waals surface area (Å²) in [5.41, 5.74) is 5.23. The molecule has 1 heterocycles. The van der Waals surface area contributed by atoms with E-state index in [0.29, 0.717) is 24.4 Å². The molecule has 0 aromatic heterocycles. The fraction of sp³-hybridized carbons (Fsp3) is 0.333. The number of nitrogens with zero attached hydrogens (tertiary/aromatic N) is 1. The summed E-state index contributed by atoms with van der Waals surface area (Å²) >= 11 is 0. The molecule has 1 aliphatic rings. The van der Waals surface area contributed by atoms with Gasteiger partial charge in [-0.05, 0) is 43.2 Å². The lowest BCUT2D eigenvalue weighted by Gasteiger charge is -2.42. The molecule has 3 rings (SSSR count). The number of likely N-dealkylation sites (tertiary alicyclic amines) is 1. The summed E-state index contributed by atoms with van der Waals surface area (Å²) in [4.78, 5) is 26.2. The van der Waals surface area contributed by atoms with E-state index in [-0.39, 0.29) is 18.9 Å². The van der Waals surface area contributed by atoms with Crippen molar-refractivity contribution >= 4 is 11.8 Å². The fourth-order valence-corrected chi connectivity index (χ4v) is 3.62. The molecule has 142 valence electrons. The van der Waals surface area contributed by atoms with Crippen LogP contribution in [0.15, 0.2) is 54.6 Å². The van der Waals surface area contributed by atoms with Gasteiger partial charge in [-0.1, -0.05) is 24.3 Å². The number of benzene rings is 2. The SMILES string of the molecule is NC(=O)C[C@]1(COc2ccccc2)CCCN(C(=O)c2cccc(F)c2)C1. The van der Waals surface area contributed by atoms with Crippen molar-refractivity contribution in [2.24, 2.45) is 11.1 Å². The Balaban J connectivity index is 1.77. The molecule has 2 N–H and O–H groups in total. The molecule has 2 aromatic rings. The van der Waals surface area contributed by atoms with E-state index < -0.39 is 17.1 Å². The predicted octanol–water partition coefficient (Wildman–Crippen LogP) is 3.00. The van der Waals surface area contributed by atoms with Gasteiger partial charge in [0, 0.05) is 30.5 Å². The molecule has 0 spiro atoms. The number of hydrogen-bond acceptors (Lipinski definition) is 3. The highest BCUT2D eigenvalue weighted by atomic mass is 19.1. The summed E-state index contributed by atoms with van der Waals surface area (Å²) in [6.07, 6.45) is 1.59. The highest BCUT2D eigenvalue weighted by molar-refractivity contribution is 5.94. The molecule has 1 saturated heterocycles. The minimum Gasteiger partial charge on any atom is -0.493 e. The lowest BCUT2D eigenvalue weighted by molar-refractivity contribution is -0.122. The number of nitrogens with two attached hydrogens (primary N) is 1. The van der Waals surface area contributed by atoms with E-state index in [1.54, 1.807) is 11.0 Å². The largest absolute Gasteiger partial charge is 0.493 e. The van der Waals surface area contributed by atoms with E-state index in [4.69, 9.17) is 10.5 Å². The second-order valence-corrected chi connectivity index (χ2v) is 7.09. The topological polar surface area (TPSA) is 72.6 Å². The Morgan fingerprint density at radius 3 is 2.63 bits per heavy atom. The average Bonchev–Trinajstić information content (AvgIpc) is 2.66. The van der Waals surface area contributed by atoms with Gasteiger partial charge in [-0.3, -0.25) is 9.59 Å². The van der Waals surface area contributed by atoms with E-state index in [1.807, 2.05) is 30.3 Å². The van der Waals surface area contributed by atoms with Crippen LogP contribution in [-0.4, -0.2) is 36.4 Å². The van der Waals surface area contributed by atoms with E-state index in [0.717, 1.165) is 12.8 Å². The third-order valence-corrected chi connectivity index (χ3v) is 4.86. The summed E-state index contributed by atoms with van der Waals surface area (Å²) in [7, 11) is 0. The van der Waals surface area contributed by atoms with Gasteiger partial charge in [0.05, 0.1) is 6.61 Å². The van der Waals surface area contributed by atoms with Gasteiger partial charge in [0.15, 0.2) is 0 Å². The van der Waals surface area contributed by atoms with Crippen LogP contribution in [0.5, 0.6) is 5.75 Å². The van der Waals surface area contributed by atoms with E-state index in [2.05, 4.69) is 0 Å². The molecule has 1 fully saturated rings. The number of carbonyl (C=O) groups is 2. The number of hydrogen-bond donors (Lipinski definition) is 1. The predicted molar refractivity (Wildman–Crippen MR) is 99.7 cm³/mol. The highest BCUT2D eigenvalue weighted by Crippen LogP contribution is 2.35. The lowest BCUT2D eigenvalue weighted by Crippen LogP contribution is -2.50. The molecule has 0 aliphatic carbocycles. The zero-order valence-electron chi connectivity index (χ0n) is 15.1. The van der Waals surface area contributed by atoms with Crippen molar-refractivity contribution in [2.75, 3.05) is 19.7 Å². The van der Waals surface area contributed by atoms with Gasteiger partial charge in [-0.15, -0.1) is 0 Å². The van der Waals surface area contributed by atoms with E-state index in [1.165, 1.54) is 18.2 Å². The molecule has 0 unspecified atom stereocenters. The molecule has 1 aliphatic heterocycles. The number of ether oxygens (including phenoxy) is 1. The van der Waals surface area contributed by atoms with Crippen molar-refractivity contribution in [3.63, 3.8) is 0 Å². The van der Waals surface area contributed by atoms with Gasteiger partial charge >= 0.3 is 0 Å². The number of para-hydroxylation sites is 1. The fourth-order valence-electron chi connectivity index (χ4n) is 3.62. The Labute approximate surface area is 157 Å². The molecule has 0 bridgehead atoms. The van der Waals surface area contributed by atoms with Crippen LogP contribution in [0.2, 0.25) is 0 Å². The minimum atomic E-state index is -0.553. The summed E-state index contributed by atoms with van der Waals surface area (Å²) in [5, 5.41) is 0. The highest BCUT2D eigenvalue weighted by Gasteiger charge is 2.39. The summed E-state index contributed by atoms with van der Waals surface area (Å²) in [6, 6.07) is 15.0. The smallest absolute Gasteiger partial charge is 0.253 e. The zero-order valence-corrected chi connectivity index (χ0v) is 15.1. The van der Waals surface area contributed by atoms with Crippen LogP contribution < -0.4 is 10.5 Å². The van der Waals surface area contributed by atoms with Gasteiger partial charge in [0.25, 0.3) is 5.91 Å². The normalized spacial score (nSPS) is 19.5. The van der Waals surface area contributed by atoms with Crippen LogP contribution in [0.3, 0.4) is 0 Å². The Bertz CT molecular complexity index is 812. The number of primary amides is 1. The molecule has 2 amide bonds. The van der Waals surface area contributed by atoms with Gasteiger partial charge < -0.3 is 15.4 Å². The number of halogens is 1. The van der Waals surface area contributed by atoms with E-state index >= 15 is 0 Å². The Morgan fingerprint density at radius 1 is 1.15 bits per heavy atom. The molecular weight excluding hydrogens is 347 g/mol. The molecule has 2 aromatic carbocycles. The number of carbonyl (C=O) groups excluding carboxylic acids is 2. The van der Waals surface area contributed by atoms with Crippen molar-refractivity contribution in [1.29, 1.82) is 0 Å². The Kier molecular flexibility index (Phi) is 5.74. The van der Waals surface area contributed by atoms with Crippen molar-refractivity contribution in [3.05, 3.63) is 66.0 Å². The van der Waals surface area contributed by atoms with Crippen LogP contribution in [0.4, 0.5) is 4.39 Å². The number of rotatable bonds is 6. The van der Waals surface area contributed by atoms with Crippen LogP contribution in [0.25, 0.3) is 0 Å². The number of amides is 2. The van der Waals surface area contributed by atoms with Crippen molar-refractivity contribution in [2.45, 2.75) is 19.3 Å².